The summed E-state index contributed by atoms with van der Waals surface area (Å²) in [4.78, 5) is 27.8. The van der Waals surface area contributed by atoms with Gasteiger partial charge in [0.05, 0.1) is 11.6 Å². The monoisotopic (exact) mass is 457 g/mol. The van der Waals surface area contributed by atoms with Crippen LogP contribution in [-0.2, 0) is 22.4 Å². The molecule has 0 spiro atoms. The third-order valence-corrected chi connectivity index (χ3v) is 6.38. The summed E-state index contributed by atoms with van der Waals surface area (Å²) in [7, 11) is 0. The van der Waals surface area contributed by atoms with Crippen molar-refractivity contribution in [2.24, 2.45) is 0 Å². The zero-order chi connectivity index (χ0) is 23.8. The first kappa shape index (κ1) is 21.9. The van der Waals surface area contributed by atoms with E-state index in [1.54, 1.807) is 24.3 Å². The summed E-state index contributed by atoms with van der Waals surface area (Å²) in [6.07, 6.45) is 1.21. The number of carbonyl (C=O) groups is 2. The second-order valence-corrected chi connectivity index (χ2v) is 8.73. The van der Waals surface area contributed by atoms with Gasteiger partial charge in [0.1, 0.15) is 23.4 Å². The molecular weight excluding hydrogens is 433 g/mol. The second-order valence-electron chi connectivity index (χ2n) is 8.73. The number of rotatable bonds is 5. The average molecular weight is 458 g/mol. The molecule has 0 aromatic heterocycles. The Morgan fingerprint density at radius 3 is 2.53 bits per heavy atom. The molecule has 1 N–H and O–H groups in total. The van der Waals surface area contributed by atoms with Gasteiger partial charge in [0.25, 0.3) is 11.7 Å². The van der Waals surface area contributed by atoms with E-state index in [0.29, 0.717) is 18.4 Å². The Bertz CT molecular complexity index is 1280. The largest absolute Gasteiger partial charge is 0.507 e. The molecular formula is C28H24FNO4. The Kier molecular flexibility index (Phi) is 5.65. The van der Waals surface area contributed by atoms with E-state index in [1.165, 1.54) is 17.0 Å². The number of amides is 1. The fraction of sp³-hybridized carbons (Fsp3) is 0.214. The molecule has 0 saturated carbocycles. The average Bonchev–Trinajstić information content (AvgIpc) is 3.34. The number of ketones is 1. The first-order valence-corrected chi connectivity index (χ1v) is 11.3. The number of benzene rings is 3. The van der Waals surface area contributed by atoms with Crippen LogP contribution in [0.3, 0.4) is 0 Å². The van der Waals surface area contributed by atoms with Gasteiger partial charge in [-0.05, 0) is 60.4 Å². The number of carbonyl (C=O) groups excluding carboxylic acids is 2. The molecule has 2 atom stereocenters. The van der Waals surface area contributed by atoms with E-state index in [2.05, 4.69) is 0 Å². The number of ether oxygens (including phenoxy) is 1. The molecule has 3 aromatic rings. The first-order chi connectivity index (χ1) is 16.4. The van der Waals surface area contributed by atoms with E-state index in [-0.39, 0.29) is 29.8 Å². The maximum atomic E-state index is 13.3. The third kappa shape index (κ3) is 3.96. The molecule has 0 radical (unpaired) electrons. The first-order valence-electron chi connectivity index (χ1n) is 11.3. The topological polar surface area (TPSA) is 66.8 Å². The lowest BCUT2D eigenvalue weighted by molar-refractivity contribution is -0.139. The van der Waals surface area contributed by atoms with Gasteiger partial charge >= 0.3 is 0 Å². The van der Waals surface area contributed by atoms with E-state index in [0.717, 1.165) is 22.4 Å². The number of hydrogen-bond acceptors (Lipinski definition) is 4. The smallest absolute Gasteiger partial charge is 0.295 e. The fourth-order valence-electron chi connectivity index (χ4n) is 4.72. The highest BCUT2D eigenvalue weighted by molar-refractivity contribution is 6.46. The minimum atomic E-state index is -0.718. The van der Waals surface area contributed by atoms with Crippen molar-refractivity contribution in [3.05, 3.63) is 106 Å². The number of hydrogen-bond donors (Lipinski definition) is 1. The summed E-state index contributed by atoms with van der Waals surface area (Å²) < 4.78 is 19.0. The summed E-state index contributed by atoms with van der Waals surface area (Å²) >= 11 is 0. The third-order valence-electron chi connectivity index (χ3n) is 6.38. The molecule has 1 amide bonds. The summed E-state index contributed by atoms with van der Waals surface area (Å²) in [5.74, 6) is -1.13. The highest BCUT2D eigenvalue weighted by atomic mass is 19.1. The molecule has 1 saturated heterocycles. The van der Waals surface area contributed by atoms with Crippen LogP contribution in [0.15, 0.2) is 78.4 Å². The maximum Gasteiger partial charge on any atom is 0.295 e. The lowest BCUT2D eigenvalue weighted by Gasteiger charge is -2.25. The van der Waals surface area contributed by atoms with Crippen molar-refractivity contribution in [1.82, 2.24) is 4.90 Å². The molecule has 5 rings (SSSR count). The summed E-state index contributed by atoms with van der Waals surface area (Å²) in [6, 6.07) is 19.9. The molecule has 2 unspecified atom stereocenters. The second kappa shape index (κ2) is 8.78. The van der Waals surface area contributed by atoms with Crippen LogP contribution in [0.1, 0.15) is 35.2 Å². The highest BCUT2D eigenvalue weighted by Gasteiger charge is 2.45. The number of halogens is 1. The molecule has 2 heterocycles. The van der Waals surface area contributed by atoms with E-state index in [4.69, 9.17) is 4.74 Å². The molecule has 5 nitrogen and oxygen atoms in total. The molecule has 34 heavy (non-hydrogen) atoms. The van der Waals surface area contributed by atoms with Crippen LogP contribution in [0.5, 0.6) is 5.75 Å². The van der Waals surface area contributed by atoms with Crippen LogP contribution in [0.2, 0.25) is 0 Å². The minimum Gasteiger partial charge on any atom is -0.507 e. The molecule has 172 valence electrons. The molecule has 6 heteroatoms. The number of Topliss-reactive ketones (excluding diaryl/α,β-unsaturated/α-hetero) is 1. The van der Waals surface area contributed by atoms with Crippen LogP contribution in [0, 0.1) is 5.82 Å². The lowest BCUT2D eigenvalue weighted by atomic mass is 9.94. The predicted molar refractivity (Wildman–Crippen MR) is 126 cm³/mol. The van der Waals surface area contributed by atoms with Gasteiger partial charge in [0, 0.05) is 18.5 Å². The maximum absolute atomic E-state index is 13.3. The number of fused-ring (bicyclic) bond motifs is 1. The Morgan fingerprint density at radius 1 is 1.06 bits per heavy atom. The highest BCUT2D eigenvalue weighted by Crippen LogP contribution is 2.40. The van der Waals surface area contributed by atoms with Crippen molar-refractivity contribution in [3.8, 4) is 5.75 Å². The molecule has 0 bridgehead atoms. The molecule has 2 aliphatic rings. The van der Waals surface area contributed by atoms with E-state index >= 15 is 0 Å². The van der Waals surface area contributed by atoms with Crippen molar-refractivity contribution in [3.63, 3.8) is 0 Å². The number of likely N-dealkylation sites (tertiary alicyclic amines) is 1. The van der Waals surface area contributed by atoms with Crippen molar-refractivity contribution in [2.75, 3.05) is 6.54 Å². The quantitative estimate of drug-likeness (QED) is 0.339. The minimum absolute atomic E-state index is 0.0498. The van der Waals surface area contributed by atoms with Gasteiger partial charge in [-0.15, -0.1) is 0 Å². The van der Waals surface area contributed by atoms with Gasteiger partial charge in [-0.1, -0.05) is 42.5 Å². The van der Waals surface area contributed by atoms with Crippen molar-refractivity contribution < 1.29 is 23.8 Å². The van der Waals surface area contributed by atoms with Crippen LogP contribution < -0.4 is 4.74 Å². The van der Waals surface area contributed by atoms with Gasteiger partial charge in [-0.3, -0.25) is 9.59 Å². The van der Waals surface area contributed by atoms with Crippen molar-refractivity contribution >= 4 is 17.4 Å². The standard InChI is InChI=1S/C28H24FNO4/c1-17-15-21-16-20(9-12-23(21)34-17)26(31)24-25(19-5-3-2-4-6-19)30(28(33)27(24)32)14-13-18-7-10-22(29)11-8-18/h2-12,16-17,25,31H,13-15H2,1H3/b26-24-. The summed E-state index contributed by atoms with van der Waals surface area (Å²) in [5, 5.41) is 11.3. The van der Waals surface area contributed by atoms with E-state index in [1.807, 2.05) is 43.3 Å². The van der Waals surface area contributed by atoms with Gasteiger partial charge in [0.2, 0.25) is 0 Å². The van der Waals surface area contributed by atoms with E-state index in [9.17, 15) is 19.1 Å². The Balaban J connectivity index is 1.54. The Morgan fingerprint density at radius 2 is 1.79 bits per heavy atom. The number of aliphatic hydroxyl groups is 1. The zero-order valence-corrected chi connectivity index (χ0v) is 18.7. The molecule has 2 aliphatic heterocycles. The normalized spacial score (nSPS) is 20.9. The number of nitrogens with zero attached hydrogens (tertiary/aromatic N) is 1. The van der Waals surface area contributed by atoms with Crippen LogP contribution in [0.4, 0.5) is 4.39 Å². The van der Waals surface area contributed by atoms with Gasteiger partial charge in [-0.25, -0.2) is 4.39 Å². The SMILES string of the molecule is CC1Cc2cc(/C(O)=C3/C(=O)C(=O)N(CCc4ccc(F)cc4)C3c3ccccc3)ccc2O1. The predicted octanol–water partition coefficient (Wildman–Crippen LogP) is 4.81. The van der Waals surface area contributed by atoms with Crippen LogP contribution >= 0.6 is 0 Å². The van der Waals surface area contributed by atoms with Crippen molar-refractivity contribution in [1.29, 1.82) is 0 Å². The summed E-state index contributed by atoms with van der Waals surface area (Å²) in [6.45, 7) is 2.23. The lowest BCUT2D eigenvalue weighted by Crippen LogP contribution is -2.31. The van der Waals surface area contributed by atoms with E-state index < -0.39 is 17.7 Å². The molecule has 1 fully saturated rings. The van der Waals surface area contributed by atoms with Gasteiger partial charge < -0.3 is 14.7 Å². The van der Waals surface area contributed by atoms with Gasteiger partial charge in [-0.2, -0.15) is 0 Å². The summed E-state index contributed by atoms with van der Waals surface area (Å²) in [5.41, 5.74) is 3.10. The molecule has 0 aliphatic carbocycles. The van der Waals surface area contributed by atoms with Crippen LogP contribution in [0.25, 0.3) is 5.76 Å². The Hall–Kier alpha value is -3.93. The van der Waals surface area contributed by atoms with Crippen LogP contribution in [-0.4, -0.2) is 34.3 Å². The van der Waals surface area contributed by atoms with Gasteiger partial charge in [0.15, 0.2) is 0 Å². The Labute approximate surface area is 197 Å². The molecule has 3 aromatic carbocycles. The zero-order valence-electron chi connectivity index (χ0n) is 18.7. The fourth-order valence-corrected chi connectivity index (χ4v) is 4.72. The number of aliphatic hydroxyl groups excluding tert-OH is 1. The van der Waals surface area contributed by atoms with Crippen molar-refractivity contribution in [2.45, 2.75) is 31.9 Å².